The Labute approximate surface area is 160 Å². The lowest BCUT2D eigenvalue weighted by Crippen LogP contribution is -2.48. The van der Waals surface area contributed by atoms with Crippen LogP contribution in [0.4, 0.5) is 0 Å². The first kappa shape index (κ1) is 19.3. The maximum absolute atomic E-state index is 13.2. The van der Waals surface area contributed by atoms with E-state index < -0.39 is 10.0 Å². The monoisotopic (exact) mass is 394 g/mol. The molecule has 1 heterocycles. The summed E-state index contributed by atoms with van der Waals surface area (Å²) >= 11 is 6.10. The van der Waals surface area contributed by atoms with E-state index in [2.05, 4.69) is 5.32 Å². The Bertz CT molecular complexity index is 840. The number of benzene rings is 2. The maximum atomic E-state index is 13.2. The molecule has 0 radical (unpaired) electrons. The second-order valence-electron chi connectivity index (χ2n) is 6.28. The maximum Gasteiger partial charge on any atom is 0.243 e. The van der Waals surface area contributed by atoms with Crippen LogP contribution in [0.5, 0.6) is 0 Å². The summed E-state index contributed by atoms with van der Waals surface area (Å²) in [5, 5.41) is 3.88. The predicted octanol–water partition coefficient (Wildman–Crippen LogP) is 2.86. The molecule has 1 aliphatic heterocycles. The topological polar surface area (TPSA) is 58.6 Å². The molecule has 0 aromatic heterocycles. The van der Waals surface area contributed by atoms with E-state index in [1.54, 1.807) is 29.6 Å². The van der Waals surface area contributed by atoms with Crippen molar-refractivity contribution in [3.8, 4) is 0 Å². The minimum absolute atomic E-state index is 0.277. The van der Waals surface area contributed by atoms with Crippen molar-refractivity contribution in [1.29, 1.82) is 0 Å². The van der Waals surface area contributed by atoms with E-state index in [1.165, 1.54) is 0 Å². The predicted molar refractivity (Wildman–Crippen MR) is 103 cm³/mol. The van der Waals surface area contributed by atoms with Crippen LogP contribution in [0.25, 0.3) is 0 Å². The van der Waals surface area contributed by atoms with Crippen molar-refractivity contribution < 1.29 is 13.2 Å². The van der Waals surface area contributed by atoms with Gasteiger partial charge in [-0.15, -0.1) is 0 Å². The number of halogens is 1. The van der Waals surface area contributed by atoms with Crippen LogP contribution in [0.3, 0.4) is 0 Å². The largest absolute Gasteiger partial charge is 0.384 e. The normalized spacial score (nSPS) is 18.8. The first-order valence-electron chi connectivity index (χ1n) is 8.58. The molecule has 0 saturated carbocycles. The molecule has 3 rings (SSSR count). The van der Waals surface area contributed by atoms with E-state index in [4.69, 9.17) is 16.3 Å². The molecule has 1 atom stereocenters. The van der Waals surface area contributed by atoms with Crippen molar-refractivity contribution in [3.63, 3.8) is 0 Å². The fraction of sp³-hybridized carbons (Fsp3) is 0.368. The first-order valence-corrected chi connectivity index (χ1v) is 10.4. The number of sulfonamides is 1. The average molecular weight is 395 g/mol. The van der Waals surface area contributed by atoms with Gasteiger partial charge in [0.2, 0.25) is 10.0 Å². The second-order valence-corrected chi connectivity index (χ2v) is 8.60. The van der Waals surface area contributed by atoms with Gasteiger partial charge in [0.15, 0.2) is 0 Å². The van der Waals surface area contributed by atoms with E-state index in [0.717, 1.165) is 17.5 Å². The van der Waals surface area contributed by atoms with Gasteiger partial charge in [-0.2, -0.15) is 4.31 Å². The Morgan fingerprint density at radius 2 is 2.00 bits per heavy atom. The number of piperazine rings is 1. The van der Waals surface area contributed by atoms with E-state index in [-0.39, 0.29) is 6.04 Å². The van der Waals surface area contributed by atoms with E-state index >= 15 is 0 Å². The molecule has 140 valence electrons. The first-order chi connectivity index (χ1) is 12.5. The van der Waals surface area contributed by atoms with E-state index in [0.29, 0.717) is 36.2 Å². The van der Waals surface area contributed by atoms with Crippen molar-refractivity contribution in [2.75, 3.05) is 33.4 Å². The summed E-state index contributed by atoms with van der Waals surface area (Å²) in [7, 11) is -1.94. The number of methoxy groups -OCH3 is 1. The van der Waals surface area contributed by atoms with Gasteiger partial charge in [-0.25, -0.2) is 8.42 Å². The summed E-state index contributed by atoms with van der Waals surface area (Å²) in [6, 6.07) is 14.2. The Morgan fingerprint density at radius 1 is 1.23 bits per heavy atom. The highest BCUT2D eigenvalue weighted by Crippen LogP contribution is 2.30. The Morgan fingerprint density at radius 3 is 2.69 bits per heavy atom. The van der Waals surface area contributed by atoms with Crippen molar-refractivity contribution in [2.24, 2.45) is 0 Å². The summed E-state index contributed by atoms with van der Waals surface area (Å²) < 4.78 is 33.1. The highest BCUT2D eigenvalue weighted by Gasteiger charge is 2.34. The third-order valence-electron chi connectivity index (χ3n) is 4.55. The lowest BCUT2D eigenvalue weighted by atomic mass is 10.1. The fourth-order valence-electron chi connectivity index (χ4n) is 3.15. The molecule has 0 spiro atoms. The quantitative estimate of drug-likeness (QED) is 0.818. The highest BCUT2D eigenvalue weighted by molar-refractivity contribution is 7.89. The molecular formula is C19H23ClN2O3S. The van der Waals surface area contributed by atoms with Crippen LogP contribution in [0.15, 0.2) is 53.4 Å². The Balaban J connectivity index is 1.88. The number of nitrogens with zero attached hydrogens (tertiary/aromatic N) is 1. The molecule has 2 aromatic rings. The fourth-order valence-corrected chi connectivity index (χ4v) is 4.97. The van der Waals surface area contributed by atoms with E-state index in [1.807, 2.05) is 30.3 Å². The van der Waals surface area contributed by atoms with Gasteiger partial charge in [0.25, 0.3) is 0 Å². The Kier molecular flexibility index (Phi) is 6.32. The number of nitrogens with one attached hydrogen (secondary N) is 1. The standard InChI is InChI=1S/C19H23ClN2O3S/c1-25-12-9-15-5-7-18(8-6-15)26(23,24)22-11-10-21-14-19(22)16-3-2-4-17(20)13-16/h2-8,13,19,21H,9-12,14H2,1H3. The van der Waals surface area contributed by atoms with Gasteiger partial charge in [-0.3, -0.25) is 0 Å². The van der Waals surface area contributed by atoms with Crippen LogP contribution in [-0.4, -0.2) is 46.1 Å². The van der Waals surface area contributed by atoms with Crippen LogP contribution in [-0.2, 0) is 21.2 Å². The van der Waals surface area contributed by atoms with Gasteiger partial charge < -0.3 is 10.1 Å². The summed E-state index contributed by atoms with van der Waals surface area (Å²) in [5.74, 6) is 0. The summed E-state index contributed by atoms with van der Waals surface area (Å²) in [5.41, 5.74) is 1.95. The van der Waals surface area contributed by atoms with Crippen molar-refractivity contribution in [1.82, 2.24) is 9.62 Å². The summed E-state index contributed by atoms with van der Waals surface area (Å²) in [6.45, 7) is 2.22. The second kappa shape index (κ2) is 8.50. The molecule has 2 aromatic carbocycles. The van der Waals surface area contributed by atoms with Crippen LogP contribution in [0.2, 0.25) is 5.02 Å². The zero-order chi connectivity index (χ0) is 18.6. The smallest absolute Gasteiger partial charge is 0.243 e. The van der Waals surface area contributed by atoms with Gasteiger partial charge in [0.05, 0.1) is 17.5 Å². The molecule has 0 bridgehead atoms. The molecule has 26 heavy (non-hydrogen) atoms. The number of rotatable bonds is 6. The van der Waals surface area contributed by atoms with Gasteiger partial charge in [-0.05, 0) is 41.8 Å². The van der Waals surface area contributed by atoms with Gasteiger partial charge in [0.1, 0.15) is 0 Å². The van der Waals surface area contributed by atoms with Crippen molar-refractivity contribution >= 4 is 21.6 Å². The zero-order valence-corrected chi connectivity index (χ0v) is 16.3. The lowest BCUT2D eigenvalue weighted by molar-refractivity contribution is 0.202. The third-order valence-corrected chi connectivity index (χ3v) is 6.71. The molecule has 7 heteroatoms. The lowest BCUT2D eigenvalue weighted by Gasteiger charge is -2.35. The van der Waals surface area contributed by atoms with Crippen molar-refractivity contribution in [3.05, 3.63) is 64.7 Å². The SMILES string of the molecule is COCCc1ccc(S(=O)(=O)N2CCNCC2c2cccc(Cl)c2)cc1. The third kappa shape index (κ3) is 4.27. The van der Waals surface area contributed by atoms with Crippen LogP contribution >= 0.6 is 11.6 Å². The molecule has 0 amide bonds. The summed E-state index contributed by atoms with van der Waals surface area (Å²) in [6.07, 6.45) is 0.760. The van der Waals surface area contributed by atoms with Gasteiger partial charge in [-0.1, -0.05) is 35.9 Å². The van der Waals surface area contributed by atoms with Crippen LogP contribution < -0.4 is 5.32 Å². The minimum Gasteiger partial charge on any atom is -0.384 e. The highest BCUT2D eigenvalue weighted by atomic mass is 35.5. The molecule has 5 nitrogen and oxygen atoms in total. The van der Waals surface area contributed by atoms with Crippen LogP contribution in [0.1, 0.15) is 17.2 Å². The molecule has 1 N–H and O–H groups in total. The Hall–Kier alpha value is -1.44. The molecule has 1 aliphatic rings. The number of ether oxygens (including phenoxy) is 1. The zero-order valence-electron chi connectivity index (χ0n) is 14.7. The van der Waals surface area contributed by atoms with E-state index in [9.17, 15) is 8.42 Å². The molecular weight excluding hydrogens is 372 g/mol. The average Bonchev–Trinajstić information content (AvgIpc) is 2.66. The molecule has 0 aliphatic carbocycles. The minimum atomic E-state index is -3.59. The molecule has 1 fully saturated rings. The number of hydrogen-bond donors (Lipinski definition) is 1. The van der Waals surface area contributed by atoms with Gasteiger partial charge >= 0.3 is 0 Å². The van der Waals surface area contributed by atoms with Crippen molar-refractivity contribution in [2.45, 2.75) is 17.4 Å². The molecule has 1 saturated heterocycles. The summed E-state index contributed by atoms with van der Waals surface area (Å²) in [4.78, 5) is 0.313. The molecule has 1 unspecified atom stereocenters. The van der Waals surface area contributed by atoms with Gasteiger partial charge in [0, 0.05) is 31.8 Å². The number of hydrogen-bond acceptors (Lipinski definition) is 4. The van der Waals surface area contributed by atoms with Crippen LogP contribution in [0, 0.1) is 0 Å².